The third kappa shape index (κ3) is 3.74. The van der Waals surface area contributed by atoms with Gasteiger partial charge < -0.3 is 9.80 Å². The molecule has 1 aromatic heterocycles. The molecule has 2 amide bonds. The number of fused-ring (bicyclic) bond motifs is 1. The maximum Gasteiger partial charge on any atom is 0.239 e. The highest BCUT2D eigenvalue weighted by Crippen LogP contribution is 2.32. The molecule has 1 unspecified atom stereocenters. The number of rotatable bonds is 4. The normalized spacial score (nSPS) is 16.4. The average molecular weight is 453 g/mol. The number of hydrogen-bond donors (Lipinski definition) is 0. The maximum atomic E-state index is 13.0. The molecule has 1 fully saturated rings. The van der Waals surface area contributed by atoms with E-state index in [1.54, 1.807) is 16.8 Å². The summed E-state index contributed by atoms with van der Waals surface area (Å²) < 4.78 is 0.842. The van der Waals surface area contributed by atoms with Crippen molar-refractivity contribution in [2.75, 3.05) is 18.5 Å². The molecule has 148 valence electrons. The summed E-state index contributed by atoms with van der Waals surface area (Å²) in [5.41, 5.74) is 2.53. The van der Waals surface area contributed by atoms with Crippen LogP contribution in [0.25, 0.3) is 10.9 Å². The van der Waals surface area contributed by atoms with Crippen LogP contribution in [0.15, 0.2) is 53.0 Å². The van der Waals surface area contributed by atoms with Gasteiger partial charge in [0.2, 0.25) is 11.8 Å². The lowest BCUT2D eigenvalue weighted by Crippen LogP contribution is -2.38. The lowest BCUT2D eigenvalue weighted by atomic mass is 10.1. The maximum absolute atomic E-state index is 13.0. The number of aryl methyl sites for hydroxylation is 1. The Balaban J connectivity index is 1.50. The highest BCUT2D eigenvalue weighted by Gasteiger charge is 2.39. The summed E-state index contributed by atoms with van der Waals surface area (Å²) in [5, 5.41) is 1.00. The van der Waals surface area contributed by atoms with Gasteiger partial charge in [-0.1, -0.05) is 30.3 Å². The first-order valence-electron chi connectivity index (χ1n) is 9.49. The van der Waals surface area contributed by atoms with Crippen molar-refractivity contribution < 1.29 is 9.59 Å². The zero-order chi connectivity index (χ0) is 20.5. The van der Waals surface area contributed by atoms with Crippen LogP contribution in [0.1, 0.15) is 17.9 Å². The van der Waals surface area contributed by atoms with Crippen molar-refractivity contribution >= 4 is 44.3 Å². The number of carbonyl (C=O) groups is 2. The van der Waals surface area contributed by atoms with Crippen LogP contribution in [0.3, 0.4) is 0 Å². The molecule has 0 radical (unpaired) electrons. The number of halogens is 1. The first kappa shape index (κ1) is 19.5. The zero-order valence-corrected chi connectivity index (χ0v) is 17.9. The van der Waals surface area contributed by atoms with Gasteiger partial charge in [0.15, 0.2) is 0 Å². The minimum Gasteiger partial charge on any atom is -0.338 e. The smallest absolute Gasteiger partial charge is 0.239 e. The third-order valence-corrected chi connectivity index (χ3v) is 5.91. The summed E-state index contributed by atoms with van der Waals surface area (Å²) in [6, 6.07) is 15.4. The molecule has 6 nitrogen and oxygen atoms in total. The van der Waals surface area contributed by atoms with Gasteiger partial charge in [-0.15, -0.1) is 0 Å². The minimum atomic E-state index is -0.673. The largest absolute Gasteiger partial charge is 0.338 e. The topological polar surface area (TPSA) is 66.4 Å². The second-order valence-electron chi connectivity index (χ2n) is 7.22. The summed E-state index contributed by atoms with van der Waals surface area (Å²) in [7, 11) is 1.70. The lowest BCUT2D eigenvalue weighted by Gasteiger charge is -2.21. The number of hydrogen-bond acceptors (Lipinski definition) is 4. The van der Waals surface area contributed by atoms with E-state index in [2.05, 4.69) is 25.9 Å². The summed E-state index contributed by atoms with van der Waals surface area (Å²) in [5.74, 6) is -0.456. The third-order valence-electron chi connectivity index (χ3n) is 5.24. The fourth-order valence-electron chi connectivity index (χ4n) is 3.74. The summed E-state index contributed by atoms with van der Waals surface area (Å²) in [6.45, 7) is 2.73. The Bertz CT molecular complexity index is 1100. The molecule has 0 aliphatic carbocycles. The fourth-order valence-corrected chi connectivity index (χ4v) is 4.24. The molecule has 29 heavy (non-hydrogen) atoms. The first-order valence-corrected chi connectivity index (χ1v) is 10.3. The van der Waals surface area contributed by atoms with Gasteiger partial charge in [-0.05, 0) is 47.5 Å². The molecular formula is C22H21BrN4O2. The van der Waals surface area contributed by atoms with Crippen molar-refractivity contribution in [1.82, 2.24) is 14.9 Å². The van der Waals surface area contributed by atoms with E-state index >= 15 is 0 Å². The number of carbonyl (C=O) groups excluding carboxylic acids is 2. The average Bonchev–Trinajstić information content (AvgIpc) is 3.09. The minimum absolute atomic E-state index is 0.163. The van der Waals surface area contributed by atoms with Gasteiger partial charge >= 0.3 is 0 Å². The van der Waals surface area contributed by atoms with Gasteiger partial charge in [-0.25, -0.2) is 9.97 Å². The van der Waals surface area contributed by atoms with Crippen LogP contribution in [0.5, 0.6) is 0 Å². The van der Waals surface area contributed by atoms with Crippen molar-refractivity contribution in [3.05, 3.63) is 64.5 Å². The quantitative estimate of drug-likeness (QED) is 0.565. The molecule has 2 heterocycles. The standard InChI is InChI=1S/C22H21BrN4O2/c1-14-15-7-3-5-9-18(15)25-20(24-14)13-26(2)21(28)16-11-12-27(22(16)29)19-10-6-4-8-17(19)23/h3-10,16H,11-13H2,1-2H3. The number of anilines is 1. The van der Waals surface area contributed by atoms with E-state index in [1.807, 2.05) is 55.5 Å². The fraction of sp³-hybridized carbons (Fsp3) is 0.273. The van der Waals surface area contributed by atoms with Crippen molar-refractivity contribution in [2.45, 2.75) is 19.9 Å². The first-order chi connectivity index (χ1) is 14.0. The Morgan fingerprint density at radius 3 is 2.69 bits per heavy atom. The van der Waals surface area contributed by atoms with Gasteiger partial charge in [0, 0.05) is 29.1 Å². The molecule has 1 aliphatic heterocycles. The second-order valence-corrected chi connectivity index (χ2v) is 8.07. The Labute approximate surface area is 177 Å². The molecule has 0 saturated carbocycles. The van der Waals surface area contributed by atoms with Crippen molar-refractivity contribution in [3.8, 4) is 0 Å². The van der Waals surface area contributed by atoms with Crippen molar-refractivity contribution in [2.24, 2.45) is 5.92 Å². The van der Waals surface area contributed by atoms with Crippen LogP contribution in [0.4, 0.5) is 5.69 Å². The molecule has 1 aliphatic rings. The molecular weight excluding hydrogens is 432 g/mol. The highest BCUT2D eigenvalue weighted by molar-refractivity contribution is 9.10. The Morgan fingerprint density at radius 1 is 1.17 bits per heavy atom. The summed E-state index contributed by atoms with van der Waals surface area (Å²) >= 11 is 3.48. The Hall–Kier alpha value is -2.80. The molecule has 2 aromatic carbocycles. The van der Waals surface area contributed by atoms with Gasteiger partial charge in [0.1, 0.15) is 11.7 Å². The summed E-state index contributed by atoms with van der Waals surface area (Å²) in [6.07, 6.45) is 0.501. The van der Waals surface area contributed by atoms with E-state index in [9.17, 15) is 9.59 Å². The van der Waals surface area contributed by atoms with E-state index in [0.717, 1.165) is 26.8 Å². The highest BCUT2D eigenvalue weighted by atomic mass is 79.9. The predicted octanol–water partition coefficient (Wildman–Crippen LogP) is 3.71. The van der Waals surface area contributed by atoms with Crippen LogP contribution < -0.4 is 4.90 Å². The SMILES string of the molecule is Cc1nc(CN(C)C(=O)C2CCN(c3ccccc3Br)C2=O)nc2ccccc12. The second kappa shape index (κ2) is 7.91. The molecule has 0 bridgehead atoms. The van der Waals surface area contributed by atoms with Crippen molar-refractivity contribution in [3.63, 3.8) is 0 Å². The molecule has 1 atom stereocenters. The molecule has 7 heteroatoms. The molecule has 1 saturated heterocycles. The van der Waals surface area contributed by atoms with E-state index in [0.29, 0.717) is 18.8 Å². The summed E-state index contributed by atoms with van der Waals surface area (Å²) in [4.78, 5) is 38.2. The predicted molar refractivity (Wildman–Crippen MR) is 115 cm³/mol. The van der Waals surface area contributed by atoms with Crippen LogP contribution in [-0.2, 0) is 16.1 Å². The lowest BCUT2D eigenvalue weighted by molar-refractivity contribution is -0.139. The van der Waals surface area contributed by atoms with Crippen LogP contribution in [-0.4, -0.2) is 40.3 Å². The number of para-hydroxylation sites is 2. The van der Waals surface area contributed by atoms with Gasteiger partial charge in [-0.2, -0.15) is 0 Å². The van der Waals surface area contributed by atoms with Gasteiger partial charge in [0.05, 0.1) is 17.7 Å². The molecule has 0 spiro atoms. The Morgan fingerprint density at radius 2 is 1.90 bits per heavy atom. The molecule has 4 rings (SSSR count). The van der Waals surface area contributed by atoms with E-state index < -0.39 is 5.92 Å². The van der Waals surface area contributed by atoms with Gasteiger partial charge in [0.25, 0.3) is 0 Å². The Kier molecular flexibility index (Phi) is 5.32. The zero-order valence-electron chi connectivity index (χ0n) is 16.3. The van der Waals surface area contributed by atoms with Crippen molar-refractivity contribution in [1.29, 1.82) is 0 Å². The molecule has 0 N–H and O–H groups in total. The van der Waals surface area contributed by atoms with Gasteiger partial charge in [-0.3, -0.25) is 9.59 Å². The van der Waals surface area contributed by atoms with E-state index in [-0.39, 0.29) is 18.4 Å². The van der Waals surface area contributed by atoms with Crippen LogP contribution >= 0.6 is 15.9 Å². The van der Waals surface area contributed by atoms with Crippen LogP contribution in [0.2, 0.25) is 0 Å². The molecule has 3 aromatic rings. The van der Waals surface area contributed by atoms with E-state index in [4.69, 9.17) is 0 Å². The monoisotopic (exact) mass is 452 g/mol. The van der Waals surface area contributed by atoms with Crippen LogP contribution in [0, 0.1) is 12.8 Å². The number of amides is 2. The number of aromatic nitrogens is 2. The number of benzene rings is 2. The number of nitrogens with zero attached hydrogens (tertiary/aromatic N) is 4. The van der Waals surface area contributed by atoms with E-state index in [1.165, 1.54) is 0 Å².